The Kier molecular flexibility index (Phi) is 2.99. The van der Waals surface area contributed by atoms with Crippen LogP contribution in [-0.4, -0.2) is 29.1 Å². The number of rotatable bonds is 1. The van der Waals surface area contributed by atoms with Gasteiger partial charge in [0.2, 0.25) is 0 Å². The predicted molar refractivity (Wildman–Crippen MR) is 90.8 cm³/mol. The molecule has 0 saturated heterocycles. The Bertz CT molecular complexity index is 1110. The molecule has 0 amide bonds. The van der Waals surface area contributed by atoms with Crippen LogP contribution in [0.5, 0.6) is 0 Å². The van der Waals surface area contributed by atoms with Crippen LogP contribution >= 0.6 is 0 Å². The highest BCUT2D eigenvalue weighted by Crippen LogP contribution is 2.18. The molecule has 120 valence electrons. The van der Waals surface area contributed by atoms with Gasteiger partial charge in [-0.25, -0.2) is 4.98 Å². The Morgan fingerprint density at radius 3 is 2.54 bits per heavy atom. The molecule has 4 rings (SSSR count). The van der Waals surface area contributed by atoms with Crippen molar-refractivity contribution in [2.45, 2.75) is 26.3 Å². The third-order valence-corrected chi connectivity index (χ3v) is 3.90. The van der Waals surface area contributed by atoms with Gasteiger partial charge in [-0.2, -0.15) is 9.50 Å². The third-order valence-electron chi connectivity index (χ3n) is 3.90. The standard InChI is InChI=1S/C17H16N6O/c1-17(2,3)22-9-6-13-12(15(22)24)10-19-16-20-14(21-23(13)16)11-4-7-18-8-5-11/h4-10H,1-3H3. The van der Waals surface area contributed by atoms with Gasteiger partial charge in [-0.3, -0.25) is 9.78 Å². The highest BCUT2D eigenvalue weighted by Gasteiger charge is 2.18. The van der Waals surface area contributed by atoms with Crippen molar-refractivity contribution in [3.05, 3.63) is 53.3 Å². The fraction of sp³-hybridized carbons (Fsp3) is 0.235. The minimum absolute atomic E-state index is 0.0876. The van der Waals surface area contributed by atoms with Crippen molar-refractivity contribution in [3.63, 3.8) is 0 Å². The lowest BCUT2D eigenvalue weighted by Gasteiger charge is -2.22. The first kappa shape index (κ1) is 14.5. The van der Waals surface area contributed by atoms with E-state index in [1.165, 1.54) is 0 Å². The van der Waals surface area contributed by atoms with E-state index in [-0.39, 0.29) is 11.1 Å². The van der Waals surface area contributed by atoms with Gasteiger partial charge in [0.1, 0.15) is 0 Å². The highest BCUT2D eigenvalue weighted by molar-refractivity contribution is 5.79. The SMILES string of the molecule is CC(C)(C)n1ccc2c(cnc3nc(-c4ccncc4)nn32)c1=O. The average molecular weight is 320 g/mol. The molecule has 0 bridgehead atoms. The second-order valence-corrected chi connectivity index (χ2v) is 6.60. The second-order valence-electron chi connectivity index (χ2n) is 6.60. The van der Waals surface area contributed by atoms with E-state index >= 15 is 0 Å². The lowest BCUT2D eigenvalue weighted by Crippen LogP contribution is -2.33. The van der Waals surface area contributed by atoms with Crippen molar-refractivity contribution >= 4 is 16.7 Å². The molecule has 4 aromatic rings. The third kappa shape index (κ3) is 2.17. The smallest absolute Gasteiger partial charge is 0.262 e. The average Bonchev–Trinajstić information content (AvgIpc) is 2.99. The second kappa shape index (κ2) is 4.95. The molecule has 0 unspecified atom stereocenters. The van der Waals surface area contributed by atoms with Crippen LogP contribution in [0.2, 0.25) is 0 Å². The number of pyridine rings is 2. The van der Waals surface area contributed by atoms with E-state index in [4.69, 9.17) is 0 Å². The van der Waals surface area contributed by atoms with E-state index < -0.39 is 0 Å². The highest BCUT2D eigenvalue weighted by atomic mass is 16.1. The fourth-order valence-electron chi connectivity index (χ4n) is 2.67. The lowest BCUT2D eigenvalue weighted by molar-refractivity contribution is 0.386. The molecule has 7 heteroatoms. The first-order valence-electron chi connectivity index (χ1n) is 7.63. The van der Waals surface area contributed by atoms with Crippen LogP contribution in [-0.2, 0) is 5.54 Å². The van der Waals surface area contributed by atoms with Crippen LogP contribution in [0.4, 0.5) is 0 Å². The summed E-state index contributed by atoms with van der Waals surface area (Å²) in [6.45, 7) is 5.97. The Morgan fingerprint density at radius 2 is 1.83 bits per heavy atom. The minimum atomic E-state index is -0.301. The molecule has 0 atom stereocenters. The molecule has 0 spiro atoms. The van der Waals surface area contributed by atoms with Gasteiger partial charge in [0.15, 0.2) is 5.82 Å². The Labute approximate surface area is 137 Å². The summed E-state index contributed by atoms with van der Waals surface area (Å²) in [6, 6.07) is 5.55. The summed E-state index contributed by atoms with van der Waals surface area (Å²) in [6.07, 6.45) is 6.74. The summed E-state index contributed by atoms with van der Waals surface area (Å²) in [7, 11) is 0. The van der Waals surface area contributed by atoms with Gasteiger partial charge >= 0.3 is 0 Å². The maximum Gasteiger partial charge on any atom is 0.262 e. The number of hydrogen-bond donors (Lipinski definition) is 0. The van der Waals surface area contributed by atoms with Crippen molar-refractivity contribution < 1.29 is 0 Å². The van der Waals surface area contributed by atoms with Gasteiger partial charge in [-0.15, -0.1) is 5.10 Å². The van der Waals surface area contributed by atoms with Crippen LogP contribution < -0.4 is 5.56 Å². The molecule has 0 fully saturated rings. The van der Waals surface area contributed by atoms with Crippen molar-refractivity contribution in [2.24, 2.45) is 0 Å². The van der Waals surface area contributed by atoms with Crippen molar-refractivity contribution in [2.75, 3.05) is 0 Å². The molecule has 0 saturated carbocycles. The summed E-state index contributed by atoms with van der Waals surface area (Å²) in [5, 5.41) is 5.03. The van der Waals surface area contributed by atoms with Gasteiger partial charge in [-0.1, -0.05) is 0 Å². The van der Waals surface area contributed by atoms with E-state index in [0.29, 0.717) is 22.5 Å². The molecule has 0 N–H and O–H groups in total. The first-order valence-corrected chi connectivity index (χ1v) is 7.63. The molecule has 0 aliphatic heterocycles. The van der Waals surface area contributed by atoms with E-state index in [0.717, 1.165) is 5.56 Å². The van der Waals surface area contributed by atoms with Crippen molar-refractivity contribution in [1.82, 2.24) is 29.1 Å². The zero-order valence-electron chi connectivity index (χ0n) is 13.6. The summed E-state index contributed by atoms with van der Waals surface area (Å²) >= 11 is 0. The Morgan fingerprint density at radius 1 is 1.08 bits per heavy atom. The van der Waals surface area contributed by atoms with E-state index in [2.05, 4.69) is 20.1 Å². The number of fused-ring (bicyclic) bond motifs is 3. The minimum Gasteiger partial charge on any atom is -0.310 e. The number of aromatic nitrogens is 6. The summed E-state index contributed by atoms with van der Waals surface area (Å²) in [4.78, 5) is 25.5. The fourth-order valence-corrected chi connectivity index (χ4v) is 2.67. The molecular weight excluding hydrogens is 304 g/mol. The maximum absolute atomic E-state index is 12.7. The predicted octanol–water partition coefficient (Wildman–Crippen LogP) is 2.26. The van der Waals surface area contributed by atoms with Gasteiger partial charge in [-0.05, 0) is 39.0 Å². The molecule has 0 aliphatic carbocycles. The largest absolute Gasteiger partial charge is 0.310 e. The van der Waals surface area contributed by atoms with Crippen LogP contribution in [0.15, 0.2) is 47.8 Å². The van der Waals surface area contributed by atoms with Crippen LogP contribution in [0, 0.1) is 0 Å². The monoisotopic (exact) mass is 320 g/mol. The Balaban J connectivity index is 2.00. The molecule has 7 nitrogen and oxygen atoms in total. The van der Waals surface area contributed by atoms with E-state index in [1.807, 2.05) is 39.0 Å². The van der Waals surface area contributed by atoms with Gasteiger partial charge in [0.05, 0.1) is 10.9 Å². The van der Waals surface area contributed by atoms with Gasteiger partial charge in [0.25, 0.3) is 11.3 Å². The van der Waals surface area contributed by atoms with Crippen LogP contribution in [0.3, 0.4) is 0 Å². The molecule has 0 aromatic carbocycles. The number of nitrogens with zero attached hydrogens (tertiary/aromatic N) is 6. The molecule has 4 aromatic heterocycles. The topological polar surface area (TPSA) is 78.0 Å². The lowest BCUT2D eigenvalue weighted by atomic mass is 10.1. The Hall–Kier alpha value is -3.09. The summed E-state index contributed by atoms with van der Waals surface area (Å²) in [5.41, 5.74) is 1.16. The van der Waals surface area contributed by atoms with Crippen molar-refractivity contribution in [3.8, 4) is 11.4 Å². The van der Waals surface area contributed by atoms with Crippen molar-refractivity contribution in [1.29, 1.82) is 0 Å². The summed E-state index contributed by atoms with van der Waals surface area (Å²) < 4.78 is 3.31. The quantitative estimate of drug-likeness (QED) is 0.537. The van der Waals surface area contributed by atoms with E-state index in [1.54, 1.807) is 33.9 Å². The summed E-state index contributed by atoms with van der Waals surface area (Å²) in [5.74, 6) is 1.01. The van der Waals surface area contributed by atoms with Gasteiger partial charge < -0.3 is 4.57 Å². The molecule has 24 heavy (non-hydrogen) atoms. The zero-order valence-corrected chi connectivity index (χ0v) is 13.6. The zero-order chi connectivity index (χ0) is 16.9. The molecule has 0 aliphatic rings. The number of hydrogen-bond acceptors (Lipinski definition) is 5. The van der Waals surface area contributed by atoms with Gasteiger partial charge in [0, 0.05) is 35.9 Å². The first-order chi connectivity index (χ1) is 11.4. The van der Waals surface area contributed by atoms with E-state index in [9.17, 15) is 4.79 Å². The molecule has 4 heterocycles. The van der Waals surface area contributed by atoms with Crippen LogP contribution in [0.25, 0.3) is 28.1 Å². The maximum atomic E-state index is 12.7. The van der Waals surface area contributed by atoms with Crippen LogP contribution in [0.1, 0.15) is 20.8 Å². The molecule has 0 radical (unpaired) electrons. The normalized spacial score (nSPS) is 12.1. The molecular formula is C17H16N6O.